The summed E-state index contributed by atoms with van der Waals surface area (Å²) in [7, 11) is 1.65. The Balaban J connectivity index is 2.12. The van der Waals surface area contributed by atoms with Crippen LogP contribution >= 0.6 is 0 Å². The Kier molecular flexibility index (Phi) is 4.51. The summed E-state index contributed by atoms with van der Waals surface area (Å²) in [4.78, 5) is 16.7. The molecular weight excluding hydrogens is 304 g/mol. The summed E-state index contributed by atoms with van der Waals surface area (Å²) in [6.07, 6.45) is 0. The number of fused-ring (bicyclic) bond motifs is 1. The van der Waals surface area contributed by atoms with Gasteiger partial charge in [0, 0.05) is 12.1 Å². The third kappa shape index (κ3) is 2.85. The molecule has 0 radical (unpaired) electrons. The molecule has 24 heavy (non-hydrogen) atoms. The van der Waals surface area contributed by atoms with E-state index in [4.69, 9.17) is 14.5 Å². The summed E-state index contributed by atoms with van der Waals surface area (Å²) in [6, 6.07) is 13.3. The highest BCUT2D eigenvalue weighted by Crippen LogP contribution is 2.28. The first-order valence-electron chi connectivity index (χ1n) is 7.99. The standard InChI is InChI=1S/C19H20N2O3/c1-4-21-17-10-9-14(19(22)24-5-2)12-16(17)20-18(21)13-7-6-8-15(11-13)23-3/h6-12H,4-5H2,1-3H3. The van der Waals surface area contributed by atoms with E-state index in [1.54, 1.807) is 26.2 Å². The van der Waals surface area contributed by atoms with Crippen LogP contribution in [0.1, 0.15) is 24.2 Å². The maximum Gasteiger partial charge on any atom is 0.338 e. The highest BCUT2D eigenvalue weighted by molar-refractivity contribution is 5.94. The quantitative estimate of drug-likeness (QED) is 0.668. The van der Waals surface area contributed by atoms with Gasteiger partial charge in [-0.05, 0) is 44.2 Å². The number of benzene rings is 2. The van der Waals surface area contributed by atoms with Gasteiger partial charge in [0.2, 0.25) is 0 Å². The monoisotopic (exact) mass is 324 g/mol. The van der Waals surface area contributed by atoms with E-state index in [1.807, 2.05) is 30.3 Å². The van der Waals surface area contributed by atoms with Gasteiger partial charge in [-0.1, -0.05) is 12.1 Å². The molecule has 0 aliphatic heterocycles. The van der Waals surface area contributed by atoms with Gasteiger partial charge in [-0.2, -0.15) is 0 Å². The molecule has 0 aliphatic rings. The molecule has 0 N–H and O–H groups in total. The van der Waals surface area contributed by atoms with Gasteiger partial charge in [-0.15, -0.1) is 0 Å². The number of nitrogens with zero attached hydrogens (tertiary/aromatic N) is 2. The van der Waals surface area contributed by atoms with Crippen molar-refractivity contribution in [3.8, 4) is 17.1 Å². The van der Waals surface area contributed by atoms with E-state index in [9.17, 15) is 4.79 Å². The molecule has 0 atom stereocenters. The van der Waals surface area contributed by atoms with Crippen LogP contribution in [0.25, 0.3) is 22.4 Å². The molecule has 5 heteroatoms. The lowest BCUT2D eigenvalue weighted by Crippen LogP contribution is -2.04. The minimum atomic E-state index is -0.326. The second kappa shape index (κ2) is 6.74. The fourth-order valence-corrected chi connectivity index (χ4v) is 2.77. The van der Waals surface area contributed by atoms with Crippen molar-refractivity contribution in [1.82, 2.24) is 9.55 Å². The SMILES string of the molecule is CCOC(=O)c1ccc2c(c1)nc(-c1cccc(OC)c1)n2CC. The number of methoxy groups -OCH3 is 1. The van der Waals surface area contributed by atoms with Crippen molar-refractivity contribution in [3.63, 3.8) is 0 Å². The van der Waals surface area contributed by atoms with Crippen LogP contribution in [0.3, 0.4) is 0 Å². The van der Waals surface area contributed by atoms with Gasteiger partial charge in [0.05, 0.1) is 30.3 Å². The third-order valence-electron chi connectivity index (χ3n) is 3.90. The van der Waals surface area contributed by atoms with Crippen molar-refractivity contribution in [1.29, 1.82) is 0 Å². The van der Waals surface area contributed by atoms with Crippen LogP contribution in [0, 0.1) is 0 Å². The number of aromatic nitrogens is 2. The number of ether oxygens (including phenoxy) is 2. The molecule has 0 amide bonds. The summed E-state index contributed by atoms with van der Waals surface area (Å²) in [5, 5.41) is 0. The van der Waals surface area contributed by atoms with Crippen LogP contribution in [-0.4, -0.2) is 29.2 Å². The van der Waals surface area contributed by atoms with Gasteiger partial charge in [-0.25, -0.2) is 9.78 Å². The van der Waals surface area contributed by atoms with E-state index in [-0.39, 0.29) is 5.97 Å². The van der Waals surface area contributed by atoms with Gasteiger partial charge in [-0.3, -0.25) is 0 Å². The molecule has 0 bridgehead atoms. The van der Waals surface area contributed by atoms with Gasteiger partial charge < -0.3 is 14.0 Å². The van der Waals surface area contributed by atoms with Gasteiger partial charge in [0.1, 0.15) is 11.6 Å². The van der Waals surface area contributed by atoms with Crippen molar-refractivity contribution in [3.05, 3.63) is 48.0 Å². The smallest absolute Gasteiger partial charge is 0.338 e. The number of carbonyl (C=O) groups excluding carboxylic acids is 1. The summed E-state index contributed by atoms with van der Waals surface area (Å²) >= 11 is 0. The molecule has 1 heterocycles. The summed E-state index contributed by atoms with van der Waals surface area (Å²) in [5.74, 6) is 1.32. The van der Waals surface area contributed by atoms with Gasteiger partial charge in [0.25, 0.3) is 0 Å². The zero-order valence-electron chi connectivity index (χ0n) is 14.1. The first-order valence-corrected chi connectivity index (χ1v) is 7.99. The van der Waals surface area contributed by atoms with Crippen LogP contribution in [0.2, 0.25) is 0 Å². The summed E-state index contributed by atoms with van der Waals surface area (Å²) in [5.41, 5.74) is 3.26. The molecule has 5 nitrogen and oxygen atoms in total. The molecule has 0 aliphatic carbocycles. The molecule has 0 saturated heterocycles. The number of aryl methyl sites for hydroxylation is 1. The lowest BCUT2D eigenvalue weighted by Gasteiger charge is -2.07. The first kappa shape index (κ1) is 16.1. The molecule has 2 aromatic carbocycles. The minimum Gasteiger partial charge on any atom is -0.497 e. The van der Waals surface area contributed by atoms with Crippen LogP contribution in [0.15, 0.2) is 42.5 Å². The lowest BCUT2D eigenvalue weighted by molar-refractivity contribution is 0.0526. The average molecular weight is 324 g/mol. The number of esters is 1. The van der Waals surface area contributed by atoms with Crippen LogP contribution in [-0.2, 0) is 11.3 Å². The van der Waals surface area contributed by atoms with Gasteiger partial charge >= 0.3 is 5.97 Å². The van der Waals surface area contributed by atoms with Crippen molar-refractivity contribution in [2.75, 3.05) is 13.7 Å². The fourth-order valence-electron chi connectivity index (χ4n) is 2.77. The van der Waals surface area contributed by atoms with Crippen molar-refractivity contribution < 1.29 is 14.3 Å². The largest absolute Gasteiger partial charge is 0.497 e. The highest BCUT2D eigenvalue weighted by atomic mass is 16.5. The van der Waals surface area contributed by atoms with E-state index in [1.165, 1.54) is 0 Å². The number of carbonyl (C=O) groups is 1. The number of rotatable bonds is 5. The number of hydrogen-bond donors (Lipinski definition) is 0. The van der Waals surface area contributed by atoms with E-state index in [0.717, 1.165) is 34.7 Å². The Bertz CT molecular complexity index is 883. The Hall–Kier alpha value is -2.82. The predicted molar refractivity (Wildman–Crippen MR) is 93.4 cm³/mol. The van der Waals surface area contributed by atoms with Crippen LogP contribution < -0.4 is 4.74 Å². The second-order valence-corrected chi connectivity index (χ2v) is 5.34. The molecule has 1 aromatic heterocycles. The zero-order chi connectivity index (χ0) is 17.1. The minimum absolute atomic E-state index is 0.326. The van der Waals surface area contributed by atoms with E-state index >= 15 is 0 Å². The predicted octanol–water partition coefficient (Wildman–Crippen LogP) is 3.91. The van der Waals surface area contributed by atoms with Gasteiger partial charge in [0.15, 0.2) is 0 Å². The maximum absolute atomic E-state index is 11.9. The Labute approximate surface area is 140 Å². The Morgan fingerprint density at radius 1 is 1.17 bits per heavy atom. The fraction of sp³-hybridized carbons (Fsp3) is 0.263. The molecule has 124 valence electrons. The topological polar surface area (TPSA) is 53.4 Å². The Morgan fingerprint density at radius 3 is 2.71 bits per heavy atom. The molecule has 3 rings (SSSR count). The molecule has 0 fully saturated rings. The molecule has 0 saturated carbocycles. The van der Waals surface area contributed by atoms with E-state index in [2.05, 4.69) is 11.5 Å². The summed E-state index contributed by atoms with van der Waals surface area (Å²) in [6.45, 7) is 5.00. The number of hydrogen-bond acceptors (Lipinski definition) is 4. The summed E-state index contributed by atoms with van der Waals surface area (Å²) < 4.78 is 12.5. The van der Waals surface area contributed by atoms with Crippen molar-refractivity contribution in [2.45, 2.75) is 20.4 Å². The maximum atomic E-state index is 11.9. The third-order valence-corrected chi connectivity index (χ3v) is 3.90. The van der Waals surface area contributed by atoms with Crippen molar-refractivity contribution in [2.24, 2.45) is 0 Å². The van der Waals surface area contributed by atoms with E-state index in [0.29, 0.717) is 12.2 Å². The zero-order valence-corrected chi connectivity index (χ0v) is 14.1. The van der Waals surface area contributed by atoms with E-state index < -0.39 is 0 Å². The molecule has 3 aromatic rings. The van der Waals surface area contributed by atoms with Crippen LogP contribution in [0.5, 0.6) is 5.75 Å². The molecule has 0 spiro atoms. The van der Waals surface area contributed by atoms with Crippen LogP contribution in [0.4, 0.5) is 0 Å². The molecular formula is C19H20N2O3. The lowest BCUT2D eigenvalue weighted by atomic mass is 10.2. The Morgan fingerprint density at radius 2 is 2.00 bits per heavy atom. The molecule has 0 unspecified atom stereocenters. The average Bonchev–Trinajstić information content (AvgIpc) is 2.99. The van der Waals surface area contributed by atoms with Crippen molar-refractivity contribution >= 4 is 17.0 Å². The normalized spacial score (nSPS) is 10.8. The highest BCUT2D eigenvalue weighted by Gasteiger charge is 2.15. The number of imidazole rings is 1. The first-order chi connectivity index (χ1) is 11.7. The second-order valence-electron chi connectivity index (χ2n) is 5.34.